The molecule has 0 aromatic carbocycles. The van der Waals surface area contributed by atoms with E-state index in [-0.39, 0.29) is 6.04 Å². The lowest BCUT2D eigenvalue weighted by atomic mass is 10.4. The molecule has 1 aliphatic rings. The van der Waals surface area contributed by atoms with Gasteiger partial charge in [0.15, 0.2) is 17.0 Å². The second kappa shape index (κ2) is 4.14. The smallest absolute Gasteiger partial charge is 0.225 e. The van der Waals surface area contributed by atoms with Gasteiger partial charge in [-0.15, -0.1) is 4.83 Å². The van der Waals surface area contributed by atoms with Crippen molar-refractivity contribution in [2.45, 2.75) is 18.9 Å². The van der Waals surface area contributed by atoms with Crippen LogP contribution in [0.4, 0.5) is 5.82 Å². The van der Waals surface area contributed by atoms with Gasteiger partial charge < -0.3 is 4.57 Å². The highest BCUT2D eigenvalue weighted by Crippen LogP contribution is 2.31. The van der Waals surface area contributed by atoms with Gasteiger partial charge in [-0.25, -0.2) is 23.4 Å². The van der Waals surface area contributed by atoms with Gasteiger partial charge in [0.2, 0.25) is 10.0 Å². The molecule has 1 N–H and O–H groups in total. The van der Waals surface area contributed by atoms with Crippen molar-refractivity contribution in [3.8, 4) is 0 Å². The first-order chi connectivity index (χ1) is 8.96. The van der Waals surface area contributed by atoms with Crippen molar-refractivity contribution in [2.75, 3.05) is 11.3 Å². The molecule has 0 radical (unpaired) electrons. The minimum Gasteiger partial charge on any atom is -0.318 e. The zero-order valence-corrected chi connectivity index (χ0v) is 11.4. The number of aryl methyl sites for hydroxylation is 1. The molecule has 19 heavy (non-hydrogen) atoms. The van der Waals surface area contributed by atoms with E-state index in [1.54, 1.807) is 15.9 Å². The minimum atomic E-state index is -3.36. The summed E-state index contributed by atoms with van der Waals surface area (Å²) in [5.74, 6) is 0.499. The van der Waals surface area contributed by atoms with Crippen molar-refractivity contribution in [1.82, 2.24) is 24.4 Å². The van der Waals surface area contributed by atoms with E-state index in [1.807, 2.05) is 7.05 Å². The summed E-state index contributed by atoms with van der Waals surface area (Å²) < 4.78 is 24.7. The van der Waals surface area contributed by atoms with Gasteiger partial charge in [-0.1, -0.05) is 0 Å². The van der Waals surface area contributed by atoms with Crippen molar-refractivity contribution >= 4 is 27.0 Å². The molecule has 0 bridgehead atoms. The lowest BCUT2D eigenvalue weighted by molar-refractivity contribution is 0.579. The molecule has 2 aromatic heterocycles. The molecule has 1 fully saturated rings. The van der Waals surface area contributed by atoms with E-state index in [0.717, 1.165) is 19.1 Å². The molecule has 2 aromatic rings. The van der Waals surface area contributed by atoms with Crippen LogP contribution in [0, 0.1) is 0 Å². The summed E-state index contributed by atoms with van der Waals surface area (Å²) in [4.78, 5) is 15.1. The SMILES string of the molecule is Cn1cnc2c(N(NS(C)(=O)=O)C3CC3)ncnc21. The highest BCUT2D eigenvalue weighted by atomic mass is 32.2. The quantitative estimate of drug-likeness (QED) is 0.780. The van der Waals surface area contributed by atoms with E-state index in [4.69, 9.17) is 0 Å². The molecule has 0 unspecified atom stereocenters. The summed E-state index contributed by atoms with van der Waals surface area (Å²) in [7, 11) is -1.53. The zero-order valence-electron chi connectivity index (χ0n) is 10.6. The van der Waals surface area contributed by atoms with Crippen molar-refractivity contribution in [1.29, 1.82) is 0 Å². The fourth-order valence-electron chi connectivity index (χ4n) is 1.91. The van der Waals surface area contributed by atoms with Crippen LogP contribution in [0.5, 0.6) is 0 Å². The van der Waals surface area contributed by atoms with Crippen LogP contribution >= 0.6 is 0 Å². The minimum absolute atomic E-state index is 0.134. The summed E-state index contributed by atoms with van der Waals surface area (Å²) in [6.07, 6.45) is 6.04. The molecule has 0 amide bonds. The largest absolute Gasteiger partial charge is 0.318 e. The van der Waals surface area contributed by atoms with Crippen LogP contribution in [-0.4, -0.2) is 40.2 Å². The van der Waals surface area contributed by atoms with Gasteiger partial charge in [0.05, 0.1) is 12.6 Å². The monoisotopic (exact) mass is 282 g/mol. The Hall–Kier alpha value is -1.74. The van der Waals surface area contributed by atoms with E-state index >= 15 is 0 Å². The van der Waals surface area contributed by atoms with Gasteiger partial charge in [-0.05, 0) is 12.8 Å². The van der Waals surface area contributed by atoms with Crippen molar-refractivity contribution < 1.29 is 8.42 Å². The number of anilines is 1. The standard InChI is InChI=1S/C10H14N6O2S/c1-15-6-13-8-9(15)11-5-12-10(8)16(7-3-4-7)14-19(2,17)18/h5-7,14H,3-4H2,1-2H3. The van der Waals surface area contributed by atoms with Crippen LogP contribution in [-0.2, 0) is 17.1 Å². The van der Waals surface area contributed by atoms with Crippen LogP contribution in [0.3, 0.4) is 0 Å². The fraction of sp³-hybridized carbons (Fsp3) is 0.500. The van der Waals surface area contributed by atoms with E-state index < -0.39 is 10.0 Å². The van der Waals surface area contributed by atoms with E-state index in [2.05, 4.69) is 19.8 Å². The summed E-state index contributed by atoms with van der Waals surface area (Å²) in [6.45, 7) is 0. The summed E-state index contributed by atoms with van der Waals surface area (Å²) in [6, 6.07) is 0.134. The Bertz CT molecular complexity index is 721. The van der Waals surface area contributed by atoms with Crippen LogP contribution in [0.25, 0.3) is 11.2 Å². The Morgan fingerprint density at radius 3 is 2.74 bits per heavy atom. The maximum absolute atomic E-state index is 11.5. The average molecular weight is 282 g/mol. The van der Waals surface area contributed by atoms with Crippen molar-refractivity contribution in [3.05, 3.63) is 12.7 Å². The first-order valence-electron chi connectivity index (χ1n) is 5.84. The van der Waals surface area contributed by atoms with Gasteiger partial charge in [0, 0.05) is 13.1 Å². The third-order valence-corrected chi connectivity index (χ3v) is 3.41. The molecule has 1 saturated carbocycles. The van der Waals surface area contributed by atoms with E-state index in [9.17, 15) is 8.42 Å². The Kier molecular flexibility index (Phi) is 2.68. The average Bonchev–Trinajstić information content (AvgIpc) is 3.10. The maximum atomic E-state index is 11.5. The molecule has 102 valence electrons. The molecule has 0 atom stereocenters. The molecule has 2 heterocycles. The Labute approximate surface area is 110 Å². The third-order valence-electron chi connectivity index (χ3n) is 2.88. The highest BCUT2D eigenvalue weighted by molar-refractivity contribution is 7.88. The van der Waals surface area contributed by atoms with Crippen molar-refractivity contribution in [3.63, 3.8) is 0 Å². The number of sulfonamides is 1. The summed E-state index contributed by atoms with van der Waals surface area (Å²) in [5.41, 5.74) is 1.26. The Morgan fingerprint density at radius 2 is 2.11 bits per heavy atom. The Balaban J connectivity index is 2.10. The lowest BCUT2D eigenvalue weighted by Crippen LogP contribution is -2.44. The fourth-order valence-corrected chi connectivity index (χ4v) is 2.50. The predicted molar refractivity (Wildman–Crippen MR) is 69.8 cm³/mol. The Morgan fingerprint density at radius 1 is 1.37 bits per heavy atom. The maximum Gasteiger partial charge on any atom is 0.225 e. The lowest BCUT2D eigenvalue weighted by Gasteiger charge is -2.22. The van der Waals surface area contributed by atoms with Crippen LogP contribution < -0.4 is 9.84 Å². The second-order valence-corrected chi connectivity index (χ2v) is 6.42. The predicted octanol–water partition coefficient (Wildman–Crippen LogP) is -0.204. The number of imidazole rings is 1. The van der Waals surface area contributed by atoms with Crippen LogP contribution in [0.15, 0.2) is 12.7 Å². The summed E-state index contributed by atoms with van der Waals surface area (Å²) >= 11 is 0. The normalized spacial score (nSPS) is 15.9. The van der Waals surface area contributed by atoms with Gasteiger partial charge in [0.25, 0.3) is 0 Å². The third kappa shape index (κ3) is 2.38. The topological polar surface area (TPSA) is 93.0 Å². The van der Waals surface area contributed by atoms with Crippen LogP contribution in [0.2, 0.25) is 0 Å². The molecule has 0 spiro atoms. The molecular weight excluding hydrogens is 268 g/mol. The van der Waals surface area contributed by atoms with Gasteiger partial charge in [-0.3, -0.25) is 5.01 Å². The molecule has 8 nitrogen and oxygen atoms in total. The van der Waals surface area contributed by atoms with Gasteiger partial charge in [-0.2, -0.15) is 0 Å². The van der Waals surface area contributed by atoms with E-state index in [1.165, 1.54) is 6.33 Å². The van der Waals surface area contributed by atoms with Crippen LogP contribution in [0.1, 0.15) is 12.8 Å². The second-order valence-electron chi connectivity index (χ2n) is 4.69. The number of hydrogen-bond acceptors (Lipinski definition) is 6. The first kappa shape index (κ1) is 12.3. The molecular formula is C10H14N6O2S. The molecule has 9 heteroatoms. The number of nitrogens with zero attached hydrogens (tertiary/aromatic N) is 5. The number of fused-ring (bicyclic) bond motifs is 1. The van der Waals surface area contributed by atoms with Gasteiger partial charge >= 0.3 is 0 Å². The first-order valence-corrected chi connectivity index (χ1v) is 7.73. The number of hydrazine groups is 1. The zero-order chi connectivity index (χ0) is 13.6. The summed E-state index contributed by atoms with van der Waals surface area (Å²) in [5, 5.41) is 1.58. The number of aromatic nitrogens is 4. The number of hydrogen-bond donors (Lipinski definition) is 1. The highest BCUT2D eigenvalue weighted by Gasteiger charge is 2.33. The molecule has 0 aliphatic heterocycles. The molecule has 3 rings (SSSR count). The number of rotatable bonds is 4. The number of nitrogens with one attached hydrogen (secondary N) is 1. The molecule has 0 saturated heterocycles. The molecule has 1 aliphatic carbocycles. The van der Waals surface area contributed by atoms with Crippen molar-refractivity contribution in [2.24, 2.45) is 7.05 Å². The van der Waals surface area contributed by atoms with E-state index in [0.29, 0.717) is 17.0 Å². The van der Waals surface area contributed by atoms with Gasteiger partial charge in [0.1, 0.15) is 6.33 Å².